The van der Waals surface area contributed by atoms with Crippen LogP contribution in [-0.4, -0.2) is 14.2 Å². The van der Waals surface area contributed by atoms with Gasteiger partial charge in [-0.25, -0.2) is 4.39 Å². The fourth-order valence-corrected chi connectivity index (χ4v) is 2.65. The standard InChI is InChI=1S/C17H20FNO2/c1-10-8-12(9-11(2)17(10)21-4)16(19)15-13(18)6-5-7-14(15)20-3/h5-9,16H,19H2,1-4H3. The van der Waals surface area contributed by atoms with Gasteiger partial charge in [-0.05, 0) is 42.7 Å². The maximum Gasteiger partial charge on any atom is 0.132 e. The molecule has 4 heteroatoms. The third-order valence-electron chi connectivity index (χ3n) is 3.59. The van der Waals surface area contributed by atoms with E-state index in [4.69, 9.17) is 15.2 Å². The van der Waals surface area contributed by atoms with Crippen LogP contribution in [0.1, 0.15) is 28.3 Å². The van der Waals surface area contributed by atoms with Crippen LogP contribution < -0.4 is 15.2 Å². The van der Waals surface area contributed by atoms with Gasteiger partial charge in [-0.1, -0.05) is 18.2 Å². The van der Waals surface area contributed by atoms with E-state index in [-0.39, 0.29) is 5.82 Å². The van der Waals surface area contributed by atoms with E-state index < -0.39 is 6.04 Å². The molecule has 0 aliphatic carbocycles. The third kappa shape index (κ3) is 2.85. The largest absolute Gasteiger partial charge is 0.496 e. The minimum Gasteiger partial charge on any atom is -0.496 e. The highest BCUT2D eigenvalue weighted by Gasteiger charge is 2.20. The van der Waals surface area contributed by atoms with Gasteiger partial charge in [0, 0.05) is 0 Å². The molecule has 0 fully saturated rings. The van der Waals surface area contributed by atoms with Gasteiger partial charge in [0.05, 0.1) is 25.8 Å². The Bertz CT molecular complexity index is 632. The molecule has 0 bridgehead atoms. The molecule has 0 amide bonds. The molecule has 2 aromatic carbocycles. The van der Waals surface area contributed by atoms with Crippen LogP contribution in [-0.2, 0) is 0 Å². The topological polar surface area (TPSA) is 44.5 Å². The third-order valence-corrected chi connectivity index (χ3v) is 3.59. The van der Waals surface area contributed by atoms with Crippen molar-refractivity contribution < 1.29 is 13.9 Å². The first-order valence-electron chi connectivity index (χ1n) is 6.72. The van der Waals surface area contributed by atoms with Crippen LogP contribution in [0.25, 0.3) is 0 Å². The lowest BCUT2D eigenvalue weighted by molar-refractivity contribution is 0.401. The van der Waals surface area contributed by atoms with Crippen LogP contribution in [0.4, 0.5) is 4.39 Å². The van der Waals surface area contributed by atoms with E-state index in [0.29, 0.717) is 11.3 Å². The monoisotopic (exact) mass is 289 g/mol. The molecule has 1 atom stereocenters. The van der Waals surface area contributed by atoms with Gasteiger partial charge in [0.2, 0.25) is 0 Å². The lowest BCUT2D eigenvalue weighted by atomic mass is 9.94. The highest BCUT2D eigenvalue weighted by atomic mass is 19.1. The average molecular weight is 289 g/mol. The van der Waals surface area contributed by atoms with Crippen LogP contribution >= 0.6 is 0 Å². The fourth-order valence-electron chi connectivity index (χ4n) is 2.65. The Hall–Kier alpha value is -2.07. The Morgan fingerprint density at radius 3 is 2.19 bits per heavy atom. The van der Waals surface area contributed by atoms with Gasteiger partial charge in [0.25, 0.3) is 0 Å². The predicted molar refractivity (Wildman–Crippen MR) is 81.5 cm³/mol. The molecule has 2 N–H and O–H groups in total. The summed E-state index contributed by atoms with van der Waals surface area (Å²) in [7, 11) is 3.14. The zero-order valence-electron chi connectivity index (χ0n) is 12.7. The molecule has 0 saturated carbocycles. The molecule has 0 spiro atoms. The van der Waals surface area contributed by atoms with Crippen LogP contribution in [0.3, 0.4) is 0 Å². The summed E-state index contributed by atoms with van der Waals surface area (Å²) in [5, 5.41) is 0. The van der Waals surface area contributed by atoms with Crippen molar-refractivity contribution in [2.75, 3.05) is 14.2 Å². The molecule has 0 aliphatic heterocycles. The summed E-state index contributed by atoms with van der Waals surface area (Å²) in [6.45, 7) is 3.89. The van der Waals surface area contributed by atoms with Crippen LogP contribution in [0.2, 0.25) is 0 Å². The maximum absolute atomic E-state index is 14.1. The van der Waals surface area contributed by atoms with Gasteiger partial charge in [-0.15, -0.1) is 0 Å². The van der Waals surface area contributed by atoms with Crippen LogP contribution in [0.5, 0.6) is 11.5 Å². The Kier molecular flexibility index (Phi) is 4.48. The molecule has 2 aromatic rings. The SMILES string of the molecule is COc1cccc(F)c1C(N)c1cc(C)c(OC)c(C)c1. The smallest absolute Gasteiger partial charge is 0.132 e. The Morgan fingerprint density at radius 1 is 1.05 bits per heavy atom. The van der Waals surface area contributed by atoms with Gasteiger partial charge >= 0.3 is 0 Å². The second-order valence-electron chi connectivity index (χ2n) is 5.02. The second-order valence-corrected chi connectivity index (χ2v) is 5.02. The van der Waals surface area contributed by atoms with Crippen molar-refractivity contribution in [2.45, 2.75) is 19.9 Å². The summed E-state index contributed by atoms with van der Waals surface area (Å²) in [6.07, 6.45) is 0. The van der Waals surface area contributed by atoms with Gasteiger partial charge < -0.3 is 15.2 Å². The van der Waals surface area contributed by atoms with Crippen LogP contribution in [0, 0.1) is 19.7 Å². The maximum atomic E-state index is 14.1. The molecular formula is C17H20FNO2. The van der Waals surface area contributed by atoms with E-state index in [1.165, 1.54) is 13.2 Å². The molecular weight excluding hydrogens is 269 g/mol. The first kappa shape index (κ1) is 15.3. The van der Waals surface area contributed by atoms with Gasteiger partial charge in [0.15, 0.2) is 0 Å². The number of benzene rings is 2. The minimum atomic E-state index is -0.593. The summed E-state index contributed by atoms with van der Waals surface area (Å²) < 4.78 is 24.7. The van der Waals surface area contributed by atoms with E-state index >= 15 is 0 Å². The molecule has 21 heavy (non-hydrogen) atoms. The summed E-state index contributed by atoms with van der Waals surface area (Å²) >= 11 is 0. The zero-order valence-corrected chi connectivity index (χ0v) is 12.7. The molecule has 0 aromatic heterocycles. The summed E-state index contributed by atoms with van der Waals surface area (Å²) in [6, 6.07) is 7.95. The van der Waals surface area contributed by atoms with Gasteiger partial charge in [0.1, 0.15) is 17.3 Å². The quantitative estimate of drug-likeness (QED) is 0.936. The molecule has 0 aliphatic rings. The molecule has 0 saturated heterocycles. The summed E-state index contributed by atoms with van der Waals surface area (Å²) in [5.74, 6) is 0.910. The summed E-state index contributed by atoms with van der Waals surface area (Å²) in [4.78, 5) is 0. The predicted octanol–water partition coefficient (Wildman–Crippen LogP) is 3.51. The molecule has 3 nitrogen and oxygen atoms in total. The number of halogens is 1. The van der Waals surface area contributed by atoms with Crippen molar-refractivity contribution in [3.63, 3.8) is 0 Å². The Morgan fingerprint density at radius 2 is 1.67 bits per heavy atom. The van der Waals surface area contributed by atoms with Crippen LogP contribution in [0.15, 0.2) is 30.3 Å². The minimum absolute atomic E-state index is 0.365. The number of rotatable bonds is 4. The molecule has 112 valence electrons. The van der Waals surface area contributed by atoms with Gasteiger partial charge in [-0.3, -0.25) is 0 Å². The fraction of sp³-hybridized carbons (Fsp3) is 0.294. The highest BCUT2D eigenvalue weighted by molar-refractivity contribution is 5.48. The number of hydrogen-bond acceptors (Lipinski definition) is 3. The van der Waals surface area contributed by atoms with Crippen molar-refractivity contribution in [3.05, 3.63) is 58.4 Å². The Balaban J connectivity index is 2.53. The van der Waals surface area contributed by atoms with E-state index in [0.717, 1.165) is 22.4 Å². The van der Waals surface area contributed by atoms with Crippen molar-refractivity contribution in [3.8, 4) is 11.5 Å². The van der Waals surface area contributed by atoms with E-state index in [1.807, 2.05) is 26.0 Å². The van der Waals surface area contributed by atoms with E-state index in [9.17, 15) is 4.39 Å². The van der Waals surface area contributed by atoms with Crippen molar-refractivity contribution in [1.82, 2.24) is 0 Å². The Labute approximate surface area is 124 Å². The zero-order chi connectivity index (χ0) is 15.6. The first-order chi connectivity index (χ1) is 9.99. The molecule has 1 unspecified atom stereocenters. The van der Waals surface area contributed by atoms with Crippen molar-refractivity contribution in [1.29, 1.82) is 0 Å². The van der Waals surface area contributed by atoms with Gasteiger partial charge in [-0.2, -0.15) is 0 Å². The number of hydrogen-bond donors (Lipinski definition) is 1. The first-order valence-corrected chi connectivity index (χ1v) is 6.72. The average Bonchev–Trinajstić information content (AvgIpc) is 2.45. The van der Waals surface area contributed by atoms with E-state index in [2.05, 4.69) is 0 Å². The lowest BCUT2D eigenvalue weighted by Crippen LogP contribution is -2.15. The number of ether oxygens (including phenoxy) is 2. The van der Waals surface area contributed by atoms with Crippen molar-refractivity contribution in [2.24, 2.45) is 5.73 Å². The number of methoxy groups -OCH3 is 2. The number of nitrogens with two attached hydrogens (primary N) is 1. The molecule has 0 radical (unpaired) electrons. The highest BCUT2D eigenvalue weighted by Crippen LogP contribution is 2.33. The molecule has 0 heterocycles. The number of aryl methyl sites for hydroxylation is 2. The second kappa shape index (κ2) is 6.14. The van der Waals surface area contributed by atoms with E-state index in [1.54, 1.807) is 19.2 Å². The van der Waals surface area contributed by atoms with Crippen molar-refractivity contribution >= 4 is 0 Å². The molecule has 2 rings (SSSR count). The normalized spacial score (nSPS) is 12.1. The summed E-state index contributed by atoms with van der Waals surface area (Å²) in [5.41, 5.74) is 9.40. The lowest BCUT2D eigenvalue weighted by Gasteiger charge is -2.19.